The van der Waals surface area contributed by atoms with Crippen molar-refractivity contribution in [3.8, 4) is 0 Å². The van der Waals surface area contributed by atoms with Crippen LogP contribution in [0.15, 0.2) is 72.8 Å². The number of nitrogens with one attached hydrogen (secondary N) is 1. The highest BCUT2D eigenvalue weighted by atomic mass is 35.5. The Morgan fingerprint density at radius 2 is 1.14 bits per heavy atom. The van der Waals surface area contributed by atoms with E-state index in [-0.39, 0.29) is 26.9 Å². The van der Waals surface area contributed by atoms with E-state index in [0.29, 0.717) is 5.02 Å². The first-order valence-electron chi connectivity index (χ1n) is 9.87. The number of halogens is 3. The molecule has 0 radical (unpaired) electrons. The summed E-state index contributed by atoms with van der Waals surface area (Å²) in [5.41, 5.74) is -0.0468. The van der Waals surface area contributed by atoms with Gasteiger partial charge in [0, 0.05) is 10.7 Å². The van der Waals surface area contributed by atoms with E-state index in [1.165, 1.54) is 60.7 Å². The van der Waals surface area contributed by atoms with E-state index in [2.05, 4.69) is 5.32 Å². The highest BCUT2D eigenvalue weighted by molar-refractivity contribution is 6.34. The van der Waals surface area contributed by atoms with Gasteiger partial charge in [0.2, 0.25) is 12.2 Å². The lowest BCUT2D eigenvalue weighted by Gasteiger charge is -2.24. The van der Waals surface area contributed by atoms with Crippen LogP contribution < -0.4 is 5.32 Å². The monoisotopic (exact) mass is 535 g/mol. The van der Waals surface area contributed by atoms with Gasteiger partial charge in [0.25, 0.3) is 5.91 Å². The number of carboxylic acid groups (broad SMARTS) is 1. The van der Waals surface area contributed by atoms with E-state index < -0.39 is 36.0 Å². The number of hydrogen-bond donors (Lipinski definition) is 2. The van der Waals surface area contributed by atoms with Gasteiger partial charge in [0.05, 0.1) is 21.2 Å². The van der Waals surface area contributed by atoms with E-state index >= 15 is 0 Å². The van der Waals surface area contributed by atoms with Crippen molar-refractivity contribution < 1.29 is 33.8 Å². The minimum Gasteiger partial charge on any atom is -0.478 e. The van der Waals surface area contributed by atoms with Crippen LogP contribution >= 0.6 is 34.8 Å². The Bertz CT molecular complexity index is 1260. The smallest absolute Gasteiger partial charge is 0.349 e. The van der Waals surface area contributed by atoms with E-state index in [0.717, 1.165) is 0 Å². The summed E-state index contributed by atoms with van der Waals surface area (Å²) in [5, 5.41) is 12.6. The van der Waals surface area contributed by atoms with E-state index in [9.17, 15) is 24.3 Å². The summed E-state index contributed by atoms with van der Waals surface area (Å²) < 4.78 is 10.3. The predicted molar refractivity (Wildman–Crippen MR) is 129 cm³/mol. The molecule has 0 aliphatic heterocycles. The first kappa shape index (κ1) is 26.0. The van der Waals surface area contributed by atoms with Gasteiger partial charge in [-0.15, -0.1) is 0 Å². The molecule has 0 fully saturated rings. The molecule has 35 heavy (non-hydrogen) atoms. The maximum absolute atomic E-state index is 13.0. The average Bonchev–Trinajstić information content (AvgIpc) is 2.82. The van der Waals surface area contributed by atoms with Crippen molar-refractivity contribution in [3.05, 3.63) is 99.0 Å². The van der Waals surface area contributed by atoms with Gasteiger partial charge >= 0.3 is 17.9 Å². The van der Waals surface area contributed by atoms with Crippen molar-refractivity contribution in [2.24, 2.45) is 0 Å². The first-order chi connectivity index (χ1) is 16.7. The quantitative estimate of drug-likeness (QED) is 0.383. The summed E-state index contributed by atoms with van der Waals surface area (Å²) in [6, 6.07) is 17.4. The van der Waals surface area contributed by atoms with Crippen molar-refractivity contribution in [1.82, 2.24) is 0 Å². The molecule has 0 unspecified atom stereocenters. The Morgan fingerprint density at radius 1 is 0.686 bits per heavy atom. The summed E-state index contributed by atoms with van der Waals surface area (Å²) in [7, 11) is 0. The number of ether oxygens (including phenoxy) is 2. The van der Waals surface area contributed by atoms with Crippen molar-refractivity contribution in [1.29, 1.82) is 0 Å². The topological polar surface area (TPSA) is 119 Å². The zero-order chi connectivity index (χ0) is 25.5. The van der Waals surface area contributed by atoms with Gasteiger partial charge in [-0.2, -0.15) is 0 Å². The number of carbonyl (C=O) groups excluding carboxylic acids is 3. The van der Waals surface area contributed by atoms with Crippen molar-refractivity contribution in [2.75, 3.05) is 5.32 Å². The second-order valence-electron chi connectivity index (χ2n) is 6.95. The molecule has 0 saturated heterocycles. The maximum atomic E-state index is 13.0. The minimum absolute atomic E-state index is 0.00290. The fourth-order valence-electron chi connectivity index (χ4n) is 2.85. The number of aliphatic carboxylic acids is 1. The van der Waals surface area contributed by atoms with Crippen LogP contribution in [0.25, 0.3) is 0 Å². The molecule has 0 bridgehead atoms. The van der Waals surface area contributed by atoms with Crippen LogP contribution in [0.4, 0.5) is 5.69 Å². The zero-order valence-electron chi connectivity index (χ0n) is 17.6. The molecular weight excluding hydrogens is 521 g/mol. The lowest BCUT2D eigenvalue weighted by atomic mass is 10.1. The number of benzene rings is 3. The highest BCUT2D eigenvalue weighted by Crippen LogP contribution is 2.22. The van der Waals surface area contributed by atoms with Gasteiger partial charge in [-0.25, -0.2) is 14.4 Å². The molecule has 180 valence electrons. The van der Waals surface area contributed by atoms with Gasteiger partial charge in [-0.3, -0.25) is 4.79 Å². The molecule has 0 spiro atoms. The number of hydrogen-bond acceptors (Lipinski definition) is 6. The van der Waals surface area contributed by atoms with E-state index in [4.69, 9.17) is 44.3 Å². The zero-order valence-corrected chi connectivity index (χ0v) is 19.9. The summed E-state index contributed by atoms with van der Waals surface area (Å²) >= 11 is 17.9. The van der Waals surface area contributed by atoms with Crippen LogP contribution in [0.2, 0.25) is 15.1 Å². The molecule has 2 N–H and O–H groups in total. The Balaban J connectivity index is 1.93. The molecule has 0 heterocycles. The van der Waals surface area contributed by atoms with Crippen LogP contribution in [0.5, 0.6) is 0 Å². The number of rotatable bonds is 8. The number of amides is 1. The van der Waals surface area contributed by atoms with Gasteiger partial charge in [-0.1, -0.05) is 59.1 Å². The molecule has 1 amide bonds. The Labute approximate surface area is 214 Å². The average molecular weight is 537 g/mol. The highest BCUT2D eigenvalue weighted by Gasteiger charge is 2.41. The van der Waals surface area contributed by atoms with E-state index in [1.807, 2.05) is 0 Å². The van der Waals surface area contributed by atoms with Crippen LogP contribution in [-0.4, -0.2) is 41.1 Å². The molecule has 3 rings (SSSR count). The maximum Gasteiger partial charge on any atom is 0.349 e. The van der Waals surface area contributed by atoms with Crippen molar-refractivity contribution >= 4 is 64.3 Å². The lowest BCUT2D eigenvalue weighted by Crippen LogP contribution is -2.48. The summed E-state index contributed by atoms with van der Waals surface area (Å²) in [6.45, 7) is 0. The Morgan fingerprint density at radius 3 is 1.60 bits per heavy atom. The van der Waals surface area contributed by atoms with Crippen molar-refractivity contribution in [3.63, 3.8) is 0 Å². The molecule has 11 heteroatoms. The van der Waals surface area contributed by atoms with Gasteiger partial charge in [-0.05, 0) is 48.5 Å². The second kappa shape index (κ2) is 11.7. The number of carboxylic acids is 1. The summed E-state index contributed by atoms with van der Waals surface area (Å²) in [5.74, 6) is -5.06. The van der Waals surface area contributed by atoms with Gasteiger partial charge in [0.1, 0.15) is 0 Å². The first-order valence-corrected chi connectivity index (χ1v) is 11.0. The van der Waals surface area contributed by atoms with Gasteiger partial charge < -0.3 is 19.9 Å². The fourth-order valence-corrected chi connectivity index (χ4v) is 3.40. The standard InChI is InChI=1S/C24H16Cl3NO7/c25-13-9-11-14(12-10-13)28-21(29)19(34-23(32)15-5-1-3-7-17(15)26)20(22(30)31)35-24(33)16-6-2-4-8-18(16)27/h1-12,19-20H,(H,28,29)(H,30,31)/t19-,20+/m1/s1. The molecule has 0 aliphatic rings. The second-order valence-corrected chi connectivity index (χ2v) is 8.20. The molecule has 8 nitrogen and oxygen atoms in total. The van der Waals surface area contributed by atoms with Crippen LogP contribution in [0, 0.1) is 0 Å². The lowest BCUT2D eigenvalue weighted by molar-refractivity contribution is -0.157. The number of esters is 2. The third kappa shape index (κ3) is 6.73. The minimum atomic E-state index is -2.22. The molecule has 0 aromatic heterocycles. The Kier molecular flexibility index (Phi) is 8.70. The van der Waals surface area contributed by atoms with Crippen LogP contribution in [0.3, 0.4) is 0 Å². The molecular formula is C24H16Cl3NO7. The van der Waals surface area contributed by atoms with Crippen LogP contribution in [0.1, 0.15) is 20.7 Å². The number of anilines is 1. The summed E-state index contributed by atoms with van der Waals surface area (Å²) in [4.78, 5) is 50.5. The third-order valence-corrected chi connectivity index (χ3v) is 5.46. The van der Waals surface area contributed by atoms with Crippen LogP contribution in [-0.2, 0) is 19.1 Å². The van der Waals surface area contributed by atoms with Crippen molar-refractivity contribution in [2.45, 2.75) is 12.2 Å². The predicted octanol–water partition coefficient (Wildman–Crippen LogP) is 5.12. The Hall–Kier alpha value is -3.59. The fraction of sp³-hybridized carbons (Fsp3) is 0.0833. The molecule has 3 aromatic carbocycles. The SMILES string of the molecule is O=C(O[C@H](C(=O)O)[C@@H](OC(=O)c1ccccc1Cl)C(=O)Nc1ccc(Cl)cc1)c1ccccc1Cl. The molecule has 0 saturated carbocycles. The van der Waals surface area contributed by atoms with E-state index in [1.54, 1.807) is 12.1 Å². The molecule has 3 aromatic rings. The molecule has 0 aliphatic carbocycles. The third-order valence-electron chi connectivity index (χ3n) is 4.54. The van der Waals surface area contributed by atoms with Gasteiger partial charge in [0.15, 0.2) is 0 Å². The largest absolute Gasteiger partial charge is 0.478 e. The molecule has 2 atom stereocenters. The number of carbonyl (C=O) groups is 4. The normalized spacial score (nSPS) is 12.2. The summed E-state index contributed by atoms with van der Waals surface area (Å²) in [6.07, 6.45) is -4.32.